The molecule has 2 aromatic rings. The molecule has 1 aliphatic heterocycles. The van der Waals surface area contributed by atoms with Gasteiger partial charge in [0.05, 0.1) is 17.2 Å². The zero-order chi connectivity index (χ0) is 21.7. The summed E-state index contributed by atoms with van der Waals surface area (Å²) in [6.07, 6.45) is -0.794. The molecule has 1 fully saturated rings. The number of benzene rings is 2. The fraction of sp³-hybridized carbons (Fsp3) is 0.286. The van der Waals surface area contributed by atoms with E-state index in [1.54, 1.807) is 47.1 Å². The molecule has 0 atom stereocenters. The number of amides is 2. The van der Waals surface area contributed by atoms with Crippen molar-refractivity contribution in [2.75, 3.05) is 32.8 Å². The number of ether oxygens (including phenoxy) is 2. The van der Waals surface area contributed by atoms with Crippen LogP contribution in [0.25, 0.3) is 0 Å². The molecule has 1 saturated heterocycles. The van der Waals surface area contributed by atoms with Gasteiger partial charge in [0.1, 0.15) is 5.75 Å². The molecule has 0 spiro atoms. The average molecular weight is 451 g/mol. The van der Waals surface area contributed by atoms with Crippen molar-refractivity contribution in [1.29, 1.82) is 0 Å². The van der Waals surface area contributed by atoms with Gasteiger partial charge in [0.2, 0.25) is 0 Å². The van der Waals surface area contributed by atoms with Crippen LogP contribution in [0.15, 0.2) is 42.5 Å². The number of carbonyl (C=O) groups is 3. The Hall–Kier alpha value is -2.77. The van der Waals surface area contributed by atoms with Crippen molar-refractivity contribution in [2.24, 2.45) is 0 Å². The fourth-order valence-corrected chi connectivity index (χ4v) is 3.41. The van der Waals surface area contributed by atoms with Gasteiger partial charge in [0, 0.05) is 36.8 Å². The van der Waals surface area contributed by atoms with Gasteiger partial charge in [-0.05, 0) is 49.4 Å². The van der Waals surface area contributed by atoms with Gasteiger partial charge in [0.15, 0.2) is 0 Å². The minimum atomic E-state index is -0.794. The number of rotatable bonds is 4. The molecule has 0 aliphatic carbocycles. The van der Waals surface area contributed by atoms with Crippen LogP contribution in [0.5, 0.6) is 5.75 Å². The van der Waals surface area contributed by atoms with Crippen molar-refractivity contribution in [3.05, 3.63) is 63.6 Å². The first-order chi connectivity index (χ1) is 14.4. The van der Waals surface area contributed by atoms with Crippen LogP contribution in [0.2, 0.25) is 10.0 Å². The maximum Gasteiger partial charge on any atom is 0.513 e. The third kappa shape index (κ3) is 5.23. The molecule has 0 bridgehead atoms. The fourth-order valence-electron chi connectivity index (χ4n) is 3.04. The molecule has 1 aliphatic rings. The van der Waals surface area contributed by atoms with E-state index in [2.05, 4.69) is 0 Å². The smallest absolute Gasteiger partial charge is 0.434 e. The summed E-state index contributed by atoms with van der Waals surface area (Å²) in [5.41, 5.74) is 0.810. The molecule has 2 amide bonds. The predicted molar refractivity (Wildman–Crippen MR) is 112 cm³/mol. The van der Waals surface area contributed by atoms with E-state index in [9.17, 15) is 14.4 Å². The molecule has 3 rings (SSSR count). The van der Waals surface area contributed by atoms with E-state index in [-0.39, 0.29) is 18.4 Å². The van der Waals surface area contributed by atoms with Gasteiger partial charge in [-0.1, -0.05) is 23.2 Å². The Bertz CT molecular complexity index is 941. The highest BCUT2D eigenvalue weighted by Crippen LogP contribution is 2.23. The summed E-state index contributed by atoms with van der Waals surface area (Å²) in [6, 6.07) is 11.0. The van der Waals surface area contributed by atoms with Crippen molar-refractivity contribution in [1.82, 2.24) is 9.80 Å². The Balaban J connectivity index is 1.58. The summed E-state index contributed by atoms with van der Waals surface area (Å²) in [7, 11) is 0. The van der Waals surface area contributed by atoms with Gasteiger partial charge in [-0.25, -0.2) is 4.79 Å². The van der Waals surface area contributed by atoms with Gasteiger partial charge in [0.25, 0.3) is 11.8 Å². The standard InChI is InChI=1S/C21H20Cl2N2O5/c1-2-29-21(28)30-16-6-3-14(4-7-16)19(26)24-9-11-25(12-10-24)20(27)17-13-15(22)5-8-18(17)23/h3-8,13H,2,9-12H2,1H3. The second-order valence-corrected chi connectivity index (χ2v) is 7.36. The van der Waals surface area contributed by atoms with E-state index >= 15 is 0 Å². The van der Waals surface area contributed by atoms with E-state index in [1.165, 1.54) is 12.1 Å². The highest BCUT2D eigenvalue weighted by Gasteiger charge is 2.26. The van der Waals surface area contributed by atoms with Crippen molar-refractivity contribution >= 4 is 41.2 Å². The van der Waals surface area contributed by atoms with Crippen molar-refractivity contribution in [3.8, 4) is 5.75 Å². The molecule has 0 aromatic heterocycles. The SMILES string of the molecule is CCOC(=O)Oc1ccc(C(=O)N2CCN(C(=O)c3cc(Cl)ccc3Cl)CC2)cc1. The second kappa shape index (κ2) is 9.82. The molecule has 0 saturated carbocycles. The lowest BCUT2D eigenvalue weighted by Gasteiger charge is -2.35. The highest BCUT2D eigenvalue weighted by atomic mass is 35.5. The Labute approximate surface area is 184 Å². The number of piperazine rings is 1. The van der Waals surface area contributed by atoms with Gasteiger partial charge in [-0.3, -0.25) is 9.59 Å². The quantitative estimate of drug-likeness (QED) is 0.516. The normalized spacial score (nSPS) is 13.7. The van der Waals surface area contributed by atoms with E-state index in [4.69, 9.17) is 32.7 Å². The molecule has 30 heavy (non-hydrogen) atoms. The van der Waals surface area contributed by atoms with Crippen LogP contribution in [-0.2, 0) is 4.74 Å². The van der Waals surface area contributed by atoms with Crippen molar-refractivity contribution in [2.45, 2.75) is 6.92 Å². The third-order valence-electron chi connectivity index (χ3n) is 4.58. The lowest BCUT2D eigenvalue weighted by Crippen LogP contribution is -2.50. The molecule has 9 heteroatoms. The number of hydrogen-bond donors (Lipinski definition) is 0. The van der Waals surface area contributed by atoms with Crippen LogP contribution in [0.4, 0.5) is 4.79 Å². The number of nitrogens with zero attached hydrogens (tertiary/aromatic N) is 2. The maximum atomic E-state index is 12.7. The van der Waals surface area contributed by atoms with Gasteiger partial charge in [-0.15, -0.1) is 0 Å². The zero-order valence-electron chi connectivity index (χ0n) is 16.3. The van der Waals surface area contributed by atoms with E-state index in [1.807, 2.05) is 0 Å². The molecule has 0 unspecified atom stereocenters. The summed E-state index contributed by atoms with van der Waals surface area (Å²) >= 11 is 12.1. The first-order valence-corrected chi connectivity index (χ1v) is 10.1. The highest BCUT2D eigenvalue weighted by molar-refractivity contribution is 6.35. The molecule has 1 heterocycles. The molecule has 2 aromatic carbocycles. The van der Waals surface area contributed by atoms with Crippen LogP contribution in [0, 0.1) is 0 Å². The average Bonchev–Trinajstić information content (AvgIpc) is 2.75. The van der Waals surface area contributed by atoms with Crippen LogP contribution in [-0.4, -0.2) is 60.6 Å². The Kier molecular flexibility index (Phi) is 7.18. The summed E-state index contributed by atoms with van der Waals surface area (Å²) in [5.74, 6) is -0.0838. The van der Waals surface area contributed by atoms with Crippen molar-refractivity contribution in [3.63, 3.8) is 0 Å². The molecule has 0 N–H and O–H groups in total. The summed E-state index contributed by atoms with van der Waals surface area (Å²) in [5, 5.41) is 0.778. The number of halogens is 2. The minimum Gasteiger partial charge on any atom is -0.434 e. The first-order valence-electron chi connectivity index (χ1n) is 9.37. The molecule has 7 nitrogen and oxygen atoms in total. The zero-order valence-corrected chi connectivity index (χ0v) is 17.8. The van der Waals surface area contributed by atoms with Crippen LogP contribution >= 0.6 is 23.2 Å². The minimum absolute atomic E-state index is 0.162. The van der Waals surface area contributed by atoms with Gasteiger partial charge >= 0.3 is 6.16 Å². The third-order valence-corrected chi connectivity index (χ3v) is 5.14. The monoisotopic (exact) mass is 450 g/mol. The van der Waals surface area contributed by atoms with Crippen molar-refractivity contribution < 1.29 is 23.9 Å². The molecular weight excluding hydrogens is 431 g/mol. The molecular formula is C21H20Cl2N2O5. The topological polar surface area (TPSA) is 76.2 Å². The van der Waals surface area contributed by atoms with Crippen LogP contribution in [0.1, 0.15) is 27.6 Å². The number of hydrogen-bond acceptors (Lipinski definition) is 5. The Morgan fingerprint density at radius 3 is 2.10 bits per heavy atom. The first kappa shape index (κ1) is 21.9. The predicted octanol–water partition coefficient (Wildman–Crippen LogP) is 4.13. The largest absolute Gasteiger partial charge is 0.513 e. The summed E-state index contributed by atoms with van der Waals surface area (Å²) < 4.78 is 9.69. The van der Waals surface area contributed by atoms with E-state index < -0.39 is 6.16 Å². The Morgan fingerprint density at radius 2 is 1.50 bits per heavy atom. The summed E-state index contributed by atoms with van der Waals surface area (Å²) in [4.78, 5) is 40.1. The second-order valence-electron chi connectivity index (χ2n) is 6.52. The number of carbonyl (C=O) groups excluding carboxylic acids is 3. The molecule has 158 valence electrons. The Morgan fingerprint density at radius 1 is 0.900 bits per heavy atom. The van der Waals surface area contributed by atoms with Crippen LogP contribution < -0.4 is 4.74 Å². The van der Waals surface area contributed by atoms with E-state index in [0.717, 1.165) is 0 Å². The maximum absolute atomic E-state index is 12.7. The van der Waals surface area contributed by atoms with Gasteiger partial charge < -0.3 is 19.3 Å². The van der Waals surface area contributed by atoms with E-state index in [0.29, 0.717) is 53.1 Å². The molecule has 0 radical (unpaired) electrons. The lowest BCUT2D eigenvalue weighted by molar-refractivity contribution is 0.0535. The van der Waals surface area contributed by atoms with Gasteiger partial charge in [-0.2, -0.15) is 0 Å². The van der Waals surface area contributed by atoms with Crippen LogP contribution in [0.3, 0.4) is 0 Å². The lowest BCUT2D eigenvalue weighted by atomic mass is 10.1. The summed E-state index contributed by atoms with van der Waals surface area (Å²) in [6.45, 7) is 3.45.